The van der Waals surface area contributed by atoms with Crippen LogP contribution in [0, 0.1) is 0 Å². The van der Waals surface area contributed by atoms with Gasteiger partial charge in [-0.05, 0) is 30.3 Å². The molecule has 2 aromatic rings. The summed E-state index contributed by atoms with van der Waals surface area (Å²) in [7, 11) is 0. The Hall–Kier alpha value is -1.59. The van der Waals surface area contributed by atoms with Gasteiger partial charge >= 0.3 is 0 Å². The second kappa shape index (κ2) is 4.83. The third-order valence-electron chi connectivity index (χ3n) is 3.26. The van der Waals surface area contributed by atoms with Crippen LogP contribution in [0.5, 0.6) is 0 Å². The molecule has 6 heteroatoms. The highest BCUT2D eigenvalue weighted by Gasteiger charge is 2.23. The van der Waals surface area contributed by atoms with E-state index >= 15 is 0 Å². The fourth-order valence-corrected chi connectivity index (χ4v) is 2.70. The van der Waals surface area contributed by atoms with Gasteiger partial charge in [-0.3, -0.25) is 0 Å². The van der Waals surface area contributed by atoms with E-state index in [0.717, 1.165) is 35.1 Å². The molecule has 19 heavy (non-hydrogen) atoms. The van der Waals surface area contributed by atoms with Crippen molar-refractivity contribution in [1.29, 1.82) is 0 Å². The summed E-state index contributed by atoms with van der Waals surface area (Å²) in [5.41, 5.74) is 8.93. The molecule has 1 aliphatic rings. The molecule has 98 valence electrons. The lowest BCUT2D eigenvalue weighted by Gasteiger charge is -2.03. The van der Waals surface area contributed by atoms with Crippen molar-refractivity contribution in [2.24, 2.45) is 5.73 Å². The molecule has 0 radical (unpaired) electrons. The summed E-state index contributed by atoms with van der Waals surface area (Å²) in [4.78, 5) is 0. The van der Waals surface area contributed by atoms with E-state index in [1.807, 2.05) is 24.3 Å². The quantitative estimate of drug-likeness (QED) is 0.833. The van der Waals surface area contributed by atoms with Gasteiger partial charge in [-0.1, -0.05) is 29.8 Å². The first kappa shape index (κ1) is 12.4. The Kier molecular flexibility index (Phi) is 3.16. The summed E-state index contributed by atoms with van der Waals surface area (Å²) in [5, 5.41) is 8.78. The van der Waals surface area contributed by atoms with Crippen LogP contribution in [0.4, 0.5) is 5.82 Å². The SMILES string of the molecule is NC(=S)n1nc(Cc2ccccc2Cl)c2c1NCC2. The summed E-state index contributed by atoms with van der Waals surface area (Å²) in [6, 6.07) is 7.80. The van der Waals surface area contributed by atoms with Crippen LogP contribution in [0.2, 0.25) is 5.02 Å². The highest BCUT2D eigenvalue weighted by atomic mass is 35.5. The number of rotatable bonds is 2. The van der Waals surface area contributed by atoms with Gasteiger partial charge in [0.25, 0.3) is 0 Å². The number of fused-ring (bicyclic) bond motifs is 1. The first-order valence-electron chi connectivity index (χ1n) is 6.04. The molecule has 0 bridgehead atoms. The maximum Gasteiger partial charge on any atom is 0.193 e. The van der Waals surface area contributed by atoms with Gasteiger partial charge in [0.05, 0.1) is 5.69 Å². The van der Waals surface area contributed by atoms with E-state index in [2.05, 4.69) is 10.4 Å². The van der Waals surface area contributed by atoms with Crippen LogP contribution < -0.4 is 11.1 Å². The molecule has 0 saturated carbocycles. The third kappa shape index (κ3) is 2.19. The molecule has 0 atom stereocenters. The van der Waals surface area contributed by atoms with Crippen LogP contribution in [0.15, 0.2) is 24.3 Å². The average Bonchev–Trinajstić information content (AvgIpc) is 2.95. The molecule has 1 aromatic heterocycles. The van der Waals surface area contributed by atoms with Crippen LogP contribution in [0.3, 0.4) is 0 Å². The lowest BCUT2D eigenvalue weighted by molar-refractivity contribution is 0.879. The molecule has 4 nitrogen and oxygen atoms in total. The topological polar surface area (TPSA) is 55.9 Å². The maximum absolute atomic E-state index is 6.19. The summed E-state index contributed by atoms with van der Waals surface area (Å²) in [6.45, 7) is 0.894. The maximum atomic E-state index is 6.19. The Balaban J connectivity index is 2.01. The Morgan fingerprint density at radius 2 is 2.26 bits per heavy atom. The van der Waals surface area contributed by atoms with E-state index in [1.54, 1.807) is 4.68 Å². The second-order valence-corrected chi connectivity index (χ2v) is 5.29. The first-order chi connectivity index (χ1) is 9.16. The zero-order valence-corrected chi connectivity index (χ0v) is 11.8. The van der Waals surface area contributed by atoms with Crippen molar-refractivity contribution in [3.63, 3.8) is 0 Å². The van der Waals surface area contributed by atoms with Crippen LogP contribution in [0.25, 0.3) is 0 Å². The minimum atomic E-state index is 0.260. The van der Waals surface area contributed by atoms with Crippen LogP contribution in [-0.4, -0.2) is 21.4 Å². The van der Waals surface area contributed by atoms with Gasteiger partial charge in [0.1, 0.15) is 5.82 Å². The molecule has 0 fully saturated rings. The van der Waals surface area contributed by atoms with Gasteiger partial charge in [0, 0.05) is 23.6 Å². The number of hydrogen-bond donors (Lipinski definition) is 2. The monoisotopic (exact) mass is 292 g/mol. The summed E-state index contributed by atoms with van der Waals surface area (Å²) in [5.74, 6) is 0.926. The van der Waals surface area contributed by atoms with Crippen molar-refractivity contribution in [2.45, 2.75) is 12.8 Å². The zero-order chi connectivity index (χ0) is 13.4. The van der Waals surface area contributed by atoms with Gasteiger partial charge in [0.2, 0.25) is 0 Å². The van der Waals surface area contributed by atoms with Gasteiger partial charge < -0.3 is 11.1 Å². The van der Waals surface area contributed by atoms with Gasteiger partial charge in [-0.25, -0.2) is 0 Å². The Morgan fingerprint density at radius 3 is 3.00 bits per heavy atom. The number of anilines is 1. The predicted molar refractivity (Wildman–Crippen MR) is 80.9 cm³/mol. The average molecular weight is 293 g/mol. The molecule has 0 saturated heterocycles. The standard InChI is InChI=1S/C13H13ClN4S/c14-10-4-2-1-3-8(10)7-11-9-5-6-16-12(9)18(17-11)13(15)19/h1-4,16H,5-7H2,(H2,15,19). The summed E-state index contributed by atoms with van der Waals surface area (Å²) < 4.78 is 1.60. The highest BCUT2D eigenvalue weighted by molar-refractivity contribution is 7.80. The molecule has 0 aliphatic carbocycles. The normalized spacial score (nSPS) is 13.1. The van der Waals surface area contributed by atoms with Crippen molar-refractivity contribution in [3.05, 3.63) is 46.1 Å². The molecule has 0 spiro atoms. The van der Waals surface area contributed by atoms with E-state index in [4.69, 9.17) is 29.6 Å². The van der Waals surface area contributed by atoms with Crippen molar-refractivity contribution in [1.82, 2.24) is 9.78 Å². The minimum absolute atomic E-state index is 0.260. The van der Waals surface area contributed by atoms with Gasteiger partial charge in [-0.15, -0.1) is 0 Å². The second-order valence-electron chi connectivity index (χ2n) is 4.47. The molecule has 3 N–H and O–H groups in total. The Bertz CT molecular complexity index is 650. The molecular formula is C13H13ClN4S. The number of halogens is 1. The zero-order valence-electron chi connectivity index (χ0n) is 10.2. The van der Waals surface area contributed by atoms with Gasteiger partial charge in [0.15, 0.2) is 5.11 Å². The van der Waals surface area contributed by atoms with Gasteiger partial charge in [-0.2, -0.15) is 9.78 Å². The molecule has 0 unspecified atom stereocenters. The predicted octanol–water partition coefficient (Wildman–Crippen LogP) is 2.19. The summed E-state index contributed by atoms with van der Waals surface area (Å²) >= 11 is 11.2. The van der Waals surface area contributed by atoms with Crippen LogP contribution in [-0.2, 0) is 12.8 Å². The van der Waals surface area contributed by atoms with Crippen LogP contribution >= 0.6 is 23.8 Å². The lowest BCUT2D eigenvalue weighted by atomic mass is 10.1. The van der Waals surface area contributed by atoms with E-state index in [0.29, 0.717) is 6.42 Å². The van der Waals surface area contributed by atoms with Crippen molar-refractivity contribution < 1.29 is 0 Å². The number of aromatic nitrogens is 2. The fraction of sp³-hybridized carbons (Fsp3) is 0.231. The molecule has 3 rings (SSSR count). The minimum Gasteiger partial charge on any atom is -0.374 e. The molecule has 0 amide bonds. The Labute approximate surface area is 121 Å². The Morgan fingerprint density at radius 1 is 1.47 bits per heavy atom. The van der Waals surface area contributed by atoms with E-state index in [-0.39, 0.29) is 5.11 Å². The van der Waals surface area contributed by atoms with E-state index < -0.39 is 0 Å². The number of benzene rings is 1. The third-order valence-corrected chi connectivity index (χ3v) is 3.80. The van der Waals surface area contributed by atoms with Crippen molar-refractivity contribution >= 4 is 34.7 Å². The van der Waals surface area contributed by atoms with Crippen LogP contribution in [0.1, 0.15) is 16.8 Å². The number of nitrogens with one attached hydrogen (secondary N) is 1. The molecule has 2 heterocycles. The van der Waals surface area contributed by atoms with E-state index in [1.165, 1.54) is 5.56 Å². The number of nitrogens with two attached hydrogens (primary N) is 1. The smallest absolute Gasteiger partial charge is 0.193 e. The number of hydrogen-bond acceptors (Lipinski definition) is 3. The largest absolute Gasteiger partial charge is 0.374 e. The lowest BCUT2D eigenvalue weighted by Crippen LogP contribution is -2.22. The fourth-order valence-electron chi connectivity index (χ4n) is 2.37. The molecule has 1 aromatic carbocycles. The summed E-state index contributed by atoms with van der Waals surface area (Å²) in [6.07, 6.45) is 1.64. The highest BCUT2D eigenvalue weighted by Crippen LogP contribution is 2.28. The van der Waals surface area contributed by atoms with Crippen molar-refractivity contribution in [3.8, 4) is 0 Å². The number of nitrogens with zero attached hydrogens (tertiary/aromatic N) is 2. The molecular weight excluding hydrogens is 280 g/mol. The molecule has 1 aliphatic heterocycles. The first-order valence-corrected chi connectivity index (χ1v) is 6.83. The van der Waals surface area contributed by atoms with E-state index in [9.17, 15) is 0 Å². The number of thiocarbonyl (C=S) groups is 1. The van der Waals surface area contributed by atoms with Crippen molar-refractivity contribution in [2.75, 3.05) is 11.9 Å².